The molecule has 1 aliphatic carbocycles. The first-order valence-electron chi connectivity index (χ1n) is 7.46. The number of carbonyl (C=O) groups is 1. The van der Waals surface area contributed by atoms with E-state index in [2.05, 4.69) is 6.92 Å². The Morgan fingerprint density at radius 1 is 1.38 bits per heavy atom. The highest BCUT2D eigenvalue weighted by Crippen LogP contribution is 2.32. The number of rotatable bonds is 5. The molecule has 5 heteroatoms. The smallest absolute Gasteiger partial charge is 0.272 e. The van der Waals surface area contributed by atoms with Crippen LogP contribution in [0, 0.1) is 27.8 Å². The third-order valence-electron chi connectivity index (χ3n) is 4.20. The number of halogens is 1. The number of nitrogens with zero attached hydrogens (tertiary/aromatic N) is 1. The standard InChI is InChI=1S/C16H20FNO3/c1-2-3-11-4-5-16(19)13(6-11)7-12-8-14(17)10-15(9-12)18(20)21/h8-11,13H,2-7H2,1H3. The molecule has 4 nitrogen and oxygen atoms in total. The van der Waals surface area contributed by atoms with E-state index < -0.39 is 10.7 Å². The molecular weight excluding hydrogens is 273 g/mol. The average Bonchev–Trinajstić information content (AvgIpc) is 2.42. The van der Waals surface area contributed by atoms with Crippen molar-refractivity contribution in [1.82, 2.24) is 0 Å². The molecule has 0 amide bonds. The van der Waals surface area contributed by atoms with Gasteiger partial charge in [-0.15, -0.1) is 0 Å². The number of benzene rings is 1. The molecule has 0 aliphatic heterocycles. The molecule has 0 radical (unpaired) electrons. The van der Waals surface area contributed by atoms with E-state index in [4.69, 9.17) is 0 Å². The SMILES string of the molecule is CCCC1CCC(=O)C(Cc2cc(F)cc([N+](=O)[O-])c2)C1. The fraction of sp³-hybridized carbons (Fsp3) is 0.562. The maximum absolute atomic E-state index is 13.4. The molecule has 0 saturated heterocycles. The Bertz CT molecular complexity index is 544. The summed E-state index contributed by atoms with van der Waals surface area (Å²) in [5.74, 6) is -0.000201. The monoisotopic (exact) mass is 293 g/mol. The van der Waals surface area contributed by atoms with Crippen LogP contribution in [-0.2, 0) is 11.2 Å². The first-order valence-corrected chi connectivity index (χ1v) is 7.46. The van der Waals surface area contributed by atoms with Gasteiger partial charge in [0, 0.05) is 18.4 Å². The summed E-state index contributed by atoms with van der Waals surface area (Å²) in [6.45, 7) is 2.13. The van der Waals surface area contributed by atoms with Crippen molar-refractivity contribution in [3.05, 3.63) is 39.7 Å². The highest BCUT2D eigenvalue weighted by atomic mass is 19.1. The topological polar surface area (TPSA) is 60.2 Å². The second kappa shape index (κ2) is 6.78. The van der Waals surface area contributed by atoms with Gasteiger partial charge in [-0.05, 0) is 36.8 Å². The van der Waals surface area contributed by atoms with Crippen LogP contribution in [0.25, 0.3) is 0 Å². The zero-order valence-corrected chi connectivity index (χ0v) is 12.2. The molecule has 0 spiro atoms. The quantitative estimate of drug-likeness (QED) is 0.607. The van der Waals surface area contributed by atoms with Crippen molar-refractivity contribution in [2.24, 2.45) is 11.8 Å². The number of non-ortho nitro benzene ring substituents is 1. The average molecular weight is 293 g/mol. The van der Waals surface area contributed by atoms with Crippen LogP contribution >= 0.6 is 0 Å². The number of nitro groups is 1. The normalized spacial score (nSPS) is 22.3. The van der Waals surface area contributed by atoms with E-state index in [-0.39, 0.29) is 17.4 Å². The fourth-order valence-electron chi connectivity index (χ4n) is 3.21. The number of ketones is 1. The lowest BCUT2D eigenvalue weighted by Crippen LogP contribution is -2.26. The summed E-state index contributed by atoms with van der Waals surface area (Å²) in [5.41, 5.74) is 0.288. The van der Waals surface area contributed by atoms with Crippen LogP contribution in [0.4, 0.5) is 10.1 Å². The Morgan fingerprint density at radius 3 is 2.81 bits per heavy atom. The first-order chi connectivity index (χ1) is 9.99. The molecule has 0 heterocycles. The Hall–Kier alpha value is -1.78. The van der Waals surface area contributed by atoms with Gasteiger partial charge in [-0.1, -0.05) is 19.8 Å². The van der Waals surface area contributed by atoms with Gasteiger partial charge >= 0.3 is 0 Å². The van der Waals surface area contributed by atoms with Crippen LogP contribution < -0.4 is 0 Å². The lowest BCUT2D eigenvalue weighted by Gasteiger charge is -2.28. The van der Waals surface area contributed by atoms with Crippen LogP contribution in [0.15, 0.2) is 18.2 Å². The summed E-state index contributed by atoms with van der Waals surface area (Å²) in [5, 5.41) is 10.8. The van der Waals surface area contributed by atoms with Crippen molar-refractivity contribution in [3.8, 4) is 0 Å². The molecule has 114 valence electrons. The number of hydrogen-bond acceptors (Lipinski definition) is 3. The summed E-state index contributed by atoms with van der Waals surface area (Å²) >= 11 is 0. The molecule has 1 aromatic carbocycles. The number of Topliss-reactive ketones (excluding diaryl/α,β-unsaturated/α-hetero) is 1. The molecular formula is C16H20FNO3. The molecule has 2 unspecified atom stereocenters. The summed E-state index contributed by atoms with van der Waals surface area (Å²) in [4.78, 5) is 22.2. The molecule has 0 aromatic heterocycles. The fourth-order valence-corrected chi connectivity index (χ4v) is 3.21. The largest absolute Gasteiger partial charge is 0.299 e. The third kappa shape index (κ3) is 4.09. The molecule has 0 N–H and O–H groups in total. The predicted octanol–water partition coefficient (Wildman–Crippen LogP) is 4.06. The molecule has 1 aliphatic rings. The van der Waals surface area contributed by atoms with Crippen molar-refractivity contribution in [2.45, 2.75) is 45.4 Å². The van der Waals surface area contributed by atoms with E-state index in [0.717, 1.165) is 31.7 Å². The van der Waals surface area contributed by atoms with Gasteiger partial charge in [0.15, 0.2) is 0 Å². The number of carbonyl (C=O) groups excluding carboxylic acids is 1. The first kappa shape index (κ1) is 15.6. The number of hydrogen-bond donors (Lipinski definition) is 0. The van der Waals surface area contributed by atoms with E-state index in [1.54, 1.807) is 0 Å². The van der Waals surface area contributed by atoms with Crippen LogP contribution in [0.1, 0.15) is 44.6 Å². The van der Waals surface area contributed by atoms with Gasteiger partial charge in [0.1, 0.15) is 11.6 Å². The predicted molar refractivity (Wildman–Crippen MR) is 77.5 cm³/mol. The van der Waals surface area contributed by atoms with Gasteiger partial charge in [-0.25, -0.2) is 4.39 Å². The Balaban J connectivity index is 2.12. The molecule has 0 bridgehead atoms. The highest BCUT2D eigenvalue weighted by Gasteiger charge is 2.28. The summed E-state index contributed by atoms with van der Waals surface area (Å²) < 4.78 is 13.4. The van der Waals surface area contributed by atoms with Gasteiger partial charge in [0.05, 0.1) is 11.0 Å². The molecule has 1 saturated carbocycles. The van der Waals surface area contributed by atoms with Gasteiger partial charge < -0.3 is 0 Å². The van der Waals surface area contributed by atoms with Crippen molar-refractivity contribution < 1.29 is 14.1 Å². The van der Waals surface area contributed by atoms with Gasteiger partial charge in [0.25, 0.3) is 5.69 Å². The van der Waals surface area contributed by atoms with E-state index in [9.17, 15) is 19.3 Å². The van der Waals surface area contributed by atoms with E-state index in [1.807, 2.05) is 0 Å². The minimum Gasteiger partial charge on any atom is -0.299 e. The lowest BCUT2D eigenvalue weighted by molar-refractivity contribution is -0.385. The van der Waals surface area contributed by atoms with Crippen molar-refractivity contribution in [1.29, 1.82) is 0 Å². The molecule has 2 rings (SSSR count). The molecule has 1 aromatic rings. The van der Waals surface area contributed by atoms with Crippen molar-refractivity contribution in [3.63, 3.8) is 0 Å². The van der Waals surface area contributed by atoms with Crippen molar-refractivity contribution >= 4 is 11.5 Å². The zero-order chi connectivity index (χ0) is 15.4. The van der Waals surface area contributed by atoms with Crippen molar-refractivity contribution in [2.75, 3.05) is 0 Å². The Kier molecular flexibility index (Phi) is 5.04. The van der Waals surface area contributed by atoms with Crippen LogP contribution in [0.5, 0.6) is 0 Å². The molecule has 21 heavy (non-hydrogen) atoms. The van der Waals surface area contributed by atoms with Crippen LogP contribution in [0.2, 0.25) is 0 Å². The summed E-state index contributed by atoms with van der Waals surface area (Å²) in [6.07, 6.45) is 4.93. The third-order valence-corrected chi connectivity index (χ3v) is 4.20. The van der Waals surface area contributed by atoms with E-state index >= 15 is 0 Å². The molecule has 2 atom stereocenters. The number of nitro benzene ring substituents is 1. The summed E-state index contributed by atoms with van der Waals surface area (Å²) in [6, 6.07) is 3.58. The zero-order valence-electron chi connectivity index (χ0n) is 12.2. The van der Waals surface area contributed by atoms with Gasteiger partial charge in [-0.3, -0.25) is 14.9 Å². The van der Waals surface area contributed by atoms with Gasteiger partial charge in [0.2, 0.25) is 0 Å². The van der Waals surface area contributed by atoms with E-state index in [0.29, 0.717) is 24.3 Å². The van der Waals surface area contributed by atoms with Gasteiger partial charge in [-0.2, -0.15) is 0 Å². The van der Waals surface area contributed by atoms with Crippen LogP contribution in [-0.4, -0.2) is 10.7 Å². The maximum atomic E-state index is 13.4. The summed E-state index contributed by atoms with van der Waals surface area (Å²) in [7, 11) is 0. The highest BCUT2D eigenvalue weighted by molar-refractivity contribution is 5.82. The molecule has 1 fully saturated rings. The van der Waals surface area contributed by atoms with Crippen LogP contribution in [0.3, 0.4) is 0 Å². The lowest BCUT2D eigenvalue weighted by atomic mass is 9.76. The van der Waals surface area contributed by atoms with E-state index in [1.165, 1.54) is 12.1 Å². The minimum absolute atomic E-state index is 0.128. The second-order valence-electron chi connectivity index (χ2n) is 5.87. The minimum atomic E-state index is -0.618. The second-order valence-corrected chi connectivity index (χ2v) is 5.87. The maximum Gasteiger partial charge on any atom is 0.272 e. The Morgan fingerprint density at radius 2 is 2.14 bits per heavy atom. The Labute approximate surface area is 123 Å².